The lowest BCUT2D eigenvalue weighted by atomic mass is 10.1. The average molecular weight is 210 g/mol. The molecule has 1 heterocycles. The van der Waals surface area contributed by atoms with Crippen molar-refractivity contribution >= 4 is 0 Å². The van der Waals surface area contributed by atoms with Gasteiger partial charge in [-0.3, -0.25) is 0 Å². The highest BCUT2D eigenvalue weighted by molar-refractivity contribution is 5.29. The third kappa shape index (κ3) is 2.41. The van der Waals surface area contributed by atoms with Gasteiger partial charge in [-0.2, -0.15) is 0 Å². The van der Waals surface area contributed by atoms with Crippen LogP contribution in [-0.2, 0) is 0 Å². The zero-order chi connectivity index (χ0) is 11.6. The number of aliphatic hydroxyl groups excluding tert-OH is 1. The highest BCUT2D eigenvalue weighted by atomic mass is 16.3. The maximum atomic E-state index is 9.95. The van der Waals surface area contributed by atoms with E-state index in [1.807, 2.05) is 7.05 Å². The molecule has 0 aromatic carbocycles. The van der Waals surface area contributed by atoms with Gasteiger partial charge in [-0.15, -0.1) is 0 Å². The molecule has 3 heteroatoms. The predicted molar refractivity (Wildman–Crippen MR) is 63.2 cm³/mol. The Morgan fingerprint density at radius 2 is 2.00 bits per heavy atom. The molecule has 0 aliphatic heterocycles. The quantitative estimate of drug-likeness (QED) is 0.797. The Labute approximate surface area is 92.1 Å². The molecule has 0 spiro atoms. The first kappa shape index (κ1) is 12.3. The first-order valence-corrected chi connectivity index (χ1v) is 5.50. The monoisotopic (exact) mass is 210 g/mol. The summed E-state index contributed by atoms with van der Waals surface area (Å²) in [4.78, 5) is 0. The molecule has 2 N–H and O–H groups in total. The van der Waals surface area contributed by atoms with Gasteiger partial charge in [0.2, 0.25) is 0 Å². The molecule has 0 saturated heterocycles. The van der Waals surface area contributed by atoms with E-state index in [4.69, 9.17) is 0 Å². The Morgan fingerprint density at radius 3 is 2.40 bits per heavy atom. The van der Waals surface area contributed by atoms with Gasteiger partial charge < -0.3 is 15.0 Å². The third-order valence-corrected chi connectivity index (χ3v) is 2.80. The van der Waals surface area contributed by atoms with E-state index in [0.29, 0.717) is 12.6 Å². The van der Waals surface area contributed by atoms with Gasteiger partial charge in [0.1, 0.15) is 0 Å². The van der Waals surface area contributed by atoms with Crippen LogP contribution < -0.4 is 5.32 Å². The van der Waals surface area contributed by atoms with E-state index >= 15 is 0 Å². The smallest absolute Gasteiger partial charge is 0.0931 e. The van der Waals surface area contributed by atoms with E-state index in [-0.39, 0.29) is 0 Å². The van der Waals surface area contributed by atoms with Crippen molar-refractivity contribution in [3.8, 4) is 0 Å². The summed E-state index contributed by atoms with van der Waals surface area (Å²) in [6.07, 6.45) is -0.409. The van der Waals surface area contributed by atoms with Crippen molar-refractivity contribution < 1.29 is 5.11 Å². The fraction of sp³-hybridized carbons (Fsp3) is 0.667. The van der Waals surface area contributed by atoms with Crippen molar-refractivity contribution in [2.45, 2.75) is 39.8 Å². The number of aromatic nitrogens is 1. The van der Waals surface area contributed by atoms with Crippen LogP contribution in [0.4, 0.5) is 0 Å². The summed E-state index contributed by atoms with van der Waals surface area (Å²) in [5, 5.41) is 12.9. The zero-order valence-electron chi connectivity index (χ0n) is 10.3. The SMILES string of the molecule is CNCC(O)c1cc(C)n(C(C)C)c1C. The Hall–Kier alpha value is -0.800. The first-order valence-electron chi connectivity index (χ1n) is 5.50. The zero-order valence-corrected chi connectivity index (χ0v) is 10.3. The molecule has 0 fully saturated rings. The summed E-state index contributed by atoms with van der Waals surface area (Å²) in [7, 11) is 1.85. The highest BCUT2D eigenvalue weighted by Crippen LogP contribution is 2.24. The van der Waals surface area contributed by atoms with E-state index in [1.165, 1.54) is 11.4 Å². The minimum absolute atomic E-state index is 0.409. The molecule has 1 rings (SSSR count). The summed E-state index contributed by atoms with van der Waals surface area (Å²) in [5.41, 5.74) is 3.42. The lowest BCUT2D eigenvalue weighted by Gasteiger charge is -2.15. The summed E-state index contributed by atoms with van der Waals surface area (Å²) < 4.78 is 2.26. The van der Waals surface area contributed by atoms with Crippen molar-refractivity contribution in [2.24, 2.45) is 0 Å². The van der Waals surface area contributed by atoms with Crippen molar-refractivity contribution in [1.29, 1.82) is 0 Å². The summed E-state index contributed by atoms with van der Waals surface area (Å²) in [6.45, 7) is 9.08. The minimum atomic E-state index is -0.409. The van der Waals surface area contributed by atoms with Crippen molar-refractivity contribution in [3.05, 3.63) is 23.0 Å². The molecule has 15 heavy (non-hydrogen) atoms. The largest absolute Gasteiger partial charge is 0.387 e. The Kier molecular flexibility index (Phi) is 3.94. The summed E-state index contributed by atoms with van der Waals surface area (Å²) in [6, 6.07) is 2.53. The number of aryl methyl sites for hydroxylation is 1. The fourth-order valence-electron chi connectivity index (χ4n) is 2.24. The van der Waals surface area contributed by atoms with Crippen LogP contribution in [-0.4, -0.2) is 23.3 Å². The lowest BCUT2D eigenvalue weighted by Crippen LogP contribution is -2.17. The van der Waals surface area contributed by atoms with E-state index in [9.17, 15) is 5.11 Å². The Balaban J connectivity index is 3.06. The van der Waals surface area contributed by atoms with Crippen molar-refractivity contribution in [3.63, 3.8) is 0 Å². The Morgan fingerprint density at radius 1 is 1.40 bits per heavy atom. The van der Waals surface area contributed by atoms with Gasteiger partial charge in [0.25, 0.3) is 0 Å². The lowest BCUT2D eigenvalue weighted by molar-refractivity contribution is 0.177. The molecule has 0 bridgehead atoms. The second-order valence-corrected chi connectivity index (χ2v) is 4.36. The van der Waals surface area contributed by atoms with Gasteiger partial charge in [0.05, 0.1) is 6.10 Å². The van der Waals surface area contributed by atoms with E-state index in [1.54, 1.807) is 0 Å². The van der Waals surface area contributed by atoms with Crippen LogP contribution in [0.5, 0.6) is 0 Å². The topological polar surface area (TPSA) is 37.2 Å². The molecule has 86 valence electrons. The molecular weight excluding hydrogens is 188 g/mol. The molecule has 0 saturated carbocycles. The van der Waals surface area contributed by atoms with Gasteiger partial charge in [-0.05, 0) is 40.8 Å². The second kappa shape index (κ2) is 4.81. The maximum Gasteiger partial charge on any atom is 0.0931 e. The van der Waals surface area contributed by atoms with Gasteiger partial charge >= 0.3 is 0 Å². The molecule has 0 amide bonds. The number of nitrogens with one attached hydrogen (secondary N) is 1. The molecule has 0 aliphatic rings. The molecule has 1 unspecified atom stereocenters. The highest BCUT2D eigenvalue weighted by Gasteiger charge is 2.16. The standard InChI is InChI=1S/C12H22N2O/c1-8(2)14-9(3)6-11(10(14)4)12(15)7-13-5/h6,8,12-13,15H,7H2,1-5H3. The predicted octanol–water partition coefficient (Wildman–Crippen LogP) is 1.94. The van der Waals surface area contributed by atoms with Crippen LogP contribution in [0.1, 0.15) is 42.9 Å². The van der Waals surface area contributed by atoms with Crippen LogP contribution in [0.15, 0.2) is 6.07 Å². The minimum Gasteiger partial charge on any atom is -0.387 e. The van der Waals surface area contributed by atoms with Crippen LogP contribution in [0.3, 0.4) is 0 Å². The molecule has 1 aromatic rings. The normalized spacial score (nSPS) is 13.5. The van der Waals surface area contributed by atoms with E-state index in [2.05, 4.69) is 43.6 Å². The van der Waals surface area contributed by atoms with Gasteiger partial charge in [-0.25, -0.2) is 0 Å². The molecule has 1 atom stereocenters. The molecule has 1 aromatic heterocycles. The summed E-state index contributed by atoms with van der Waals surface area (Å²) >= 11 is 0. The van der Waals surface area contributed by atoms with Crippen molar-refractivity contribution in [1.82, 2.24) is 9.88 Å². The molecule has 0 radical (unpaired) electrons. The molecule has 3 nitrogen and oxygen atoms in total. The van der Waals surface area contributed by atoms with Crippen LogP contribution in [0.25, 0.3) is 0 Å². The third-order valence-electron chi connectivity index (χ3n) is 2.80. The second-order valence-electron chi connectivity index (χ2n) is 4.36. The molecule has 0 aliphatic carbocycles. The van der Waals surface area contributed by atoms with Gasteiger partial charge in [0, 0.05) is 29.5 Å². The maximum absolute atomic E-state index is 9.95. The van der Waals surface area contributed by atoms with Crippen LogP contribution in [0, 0.1) is 13.8 Å². The van der Waals surface area contributed by atoms with Crippen LogP contribution in [0.2, 0.25) is 0 Å². The van der Waals surface area contributed by atoms with Gasteiger partial charge in [0.15, 0.2) is 0 Å². The first-order chi connectivity index (χ1) is 6.99. The summed E-state index contributed by atoms with van der Waals surface area (Å²) in [5.74, 6) is 0. The van der Waals surface area contributed by atoms with Gasteiger partial charge in [-0.1, -0.05) is 0 Å². The number of rotatable bonds is 4. The number of likely N-dealkylation sites (N-methyl/N-ethyl adjacent to an activating group) is 1. The van der Waals surface area contributed by atoms with Crippen molar-refractivity contribution in [2.75, 3.05) is 13.6 Å². The fourth-order valence-corrected chi connectivity index (χ4v) is 2.24. The Bertz CT molecular complexity index is 329. The van der Waals surface area contributed by atoms with Crippen LogP contribution >= 0.6 is 0 Å². The average Bonchev–Trinajstić information content (AvgIpc) is 2.42. The number of hydrogen-bond acceptors (Lipinski definition) is 2. The number of nitrogens with zero attached hydrogens (tertiary/aromatic N) is 1. The number of aliphatic hydroxyl groups is 1. The van der Waals surface area contributed by atoms with E-state index < -0.39 is 6.10 Å². The van der Waals surface area contributed by atoms with E-state index in [0.717, 1.165) is 5.56 Å². The molecular formula is C12H22N2O. The number of hydrogen-bond donors (Lipinski definition) is 2.